The molecule has 2 aliphatic heterocycles. The maximum atomic E-state index is 13.9. The van der Waals surface area contributed by atoms with E-state index in [4.69, 9.17) is 4.74 Å². The van der Waals surface area contributed by atoms with Crippen LogP contribution in [0, 0.1) is 0 Å². The quantitative estimate of drug-likeness (QED) is 0.542. The molecule has 1 atom stereocenters. The lowest BCUT2D eigenvalue weighted by Crippen LogP contribution is -2.53. The molecular weight excluding hydrogens is 524 g/mol. The van der Waals surface area contributed by atoms with Gasteiger partial charge < -0.3 is 19.9 Å². The van der Waals surface area contributed by atoms with Crippen LogP contribution < -0.4 is 5.32 Å². The Morgan fingerprint density at radius 3 is 2.45 bits per heavy atom. The summed E-state index contributed by atoms with van der Waals surface area (Å²) in [6.45, 7) is 1.64. The van der Waals surface area contributed by atoms with Crippen molar-refractivity contribution in [1.29, 1.82) is 0 Å². The van der Waals surface area contributed by atoms with Crippen LogP contribution in [0.5, 0.6) is 0 Å². The van der Waals surface area contributed by atoms with Crippen LogP contribution in [0.4, 0.5) is 31.1 Å². The van der Waals surface area contributed by atoms with E-state index in [0.29, 0.717) is 0 Å². The number of rotatable bonds is 6. The third-order valence-corrected chi connectivity index (χ3v) is 5.91. The van der Waals surface area contributed by atoms with Crippen LogP contribution in [-0.2, 0) is 40.1 Å². The van der Waals surface area contributed by atoms with Crippen molar-refractivity contribution >= 4 is 17.9 Å². The zero-order chi connectivity index (χ0) is 28.5. The van der Waals surface area contributed by atoms with Gasteiger partial charge in [0.2, 0.25) is 11.8 Å². The SMILES string of the molecule is CC(C)(C)OC(=O)N[C@@H](CC(=O)N1CCc2c(nc(CF)nc2C(F)(F)F)C1)CN1CC(F)(F)CCC1=O. The predicted octanol–water partition coefficient (Wildman–Crippen LogP) is 3.39. The summed E-state index contributed by atoms with van der Waals surface area (Å²) in [4.78, 5) is 46.9. The lowest BCUT2D eigenvalue weighted by Gasteiger charge is -2.36. The Kier molecular flexibility index (Phi) is 8.46. The fourth-order valence-corrected chi connectivity index (χ4v) is 4.29. The number of hydrogen-bond acceptors (Lipinski definition) is 6. The summed E-state index contributed by atoms with van der Waals surface area (Å²) in [7, 11) is 0. The van der Waals surface area contributed by atoms with Crippen molar-refractivity contribution in [1.82, 2.24) is 25.1 Å². The van der Waals surface area contributed by atoms with Crippen molar-refractivity contribution in [3.63, 3.8) is 0 Å². The van der Waals surface area contributed by atoms with E-state index in [1.54, 1.807) is 20.8 Å². The number of fused-ring (bicyclic) bond motifs is 1. The van der Waals surface area contributed by atoms with Crippen LogP contribution in [0.1, 0.15) is 62.8 Å². The van der Waals surface area contributed by atoms with E-state index in [1.165, 1.54) is 4.90 Å². The number of hydrogen-bond donors (Lipinski definition) is 1. The molecule has 2 aliphatic rings. The summed E-state index contributed by atoms with van der Waals surface area (Å²) in [6.07, 6.45) is -7.50. The number of piperidine rings is 1. The van der Waals surface area contributed by atoms with E-state index in [0.717, 1.165) is 4.90 Å². The van der Waals surface area contributed by atoms with Crippen molar-refractivity contribution in [3.8, 4) is 0 Å². The van der Waals surface area contributed by atoms with Gasteiger partial charge in [-0.15, -0.1) is 0 Å². The van der Waals surface area contributed by atoms with E-state index in [2.05, 4.69) is 15.3 Å². The maximum absolute atomic E-state index is 13.9. The van der Waals surface area contributed by atoms with Crippen molar-refractivity contribution in [2.24, 2.45) is 0 Å². The first-order valence-corrected chi connectivity index (χ1v) is 11.9. The zero-order valence-corrected chi connectivity index (χ0v) is 21.1. The first kappa shape index (κ1) is 29.4. The van der Waals surface area contributed by atoms with Crippen LogP contribution in [0.25, 0.3) is 0 Å². The van der Waals surface area contributed by atoms with E-state index >= 15 is 0 Å². The molecule has 1 N–H and O–H groups in total. The summed E-state index contributed by atoms with van der Waals surface area (Å²) in [5.41, 5.74) is -2.55. The van der Waals surface area contributed by atoms with Crippen molar-refractivity contribution < 1.29 is 45.5 Å². The summed E-state index contributed by atoms with van der Waals surface area (Å²) in [5.74, 6) is -5.00. The Morgan fingerprint density at radius 2 is 1.84 bits per heavy atom. The third kappa shape index (κ3) is 7.69. The van der Waals surface area contributed by atoms with E-state index in [-0.39, 0.29) is 30.8 Å². The minimum atomic E-state index is -4.84. The molecule has 0 radical (unpaired) electrons. The van der Waals surface area contributed by atoms with Gasteiger partial charge in [0.25, 0.3) is 5.92 Å². The first-order chi connectivity index (χ1) is 17.5. The number of nitrogens with one attached hydrogen (secondary N) is 1. The standard InChI is InChI=1S/C23H29F6N5O4/c1-21(2,3)38-20(37)30-13(10-34-12-22(25,26)6-4-17(34)35)8-18(36)33-7-5-14-15(11-33)31-16(9-24)32-19(14)23(27,28)29/h13H,4-12H2,1-3H3,(H,30,37)/t13-/m0/s1. The van der Waals surface area contributed by atoms with Gasteiger partial charge in [0, 0.05) is 37.9 Å². The fourth-order valence-electron chi connectivity index (χ4n) is 4.29. The second kappa shape index (κ2) is 10.9. The van der Waals surface area contributed by atoms with Gasteiger partial charge >= 0.3 is 12.3 Å². The molecule has 3 rings (SSSR count). The topological polar surface area (TPSA) is 105 Å². The largest absolute Gasteiger partial charge is 0.444 e. The molecule has 0 saturated carbocycles. The number of carbonyl (C=O) groups excluding carboxylic acids is 3. The lowest BCUT2D eigenvalue weighted by molar-refractivity contribution is -0.148. The third-order valence-electron chi connectivity index (χ3n) is 5.91. The number of alkyl halides is 6. The fraction of sp³-hybridized carbons (Fsp3) is 0.696. The number of amides is 3. The molecule has 0 unspecified atom stereocenters. The maximum Gasteiger partial charge on any atom is 0.433 e. The minimum Gasteiger partial charge on any atom is -0.444 e. The van der Waals surface area contributed by atoms with Crippen molar-refractivity contribution in [2.75, 3.05) is 19.6 Å². The monoisotopic (exact) mass is 553 g/mol. The van der Waals surface area contributed by atoms with Crippen LogP contribution >= 0.6 is 0 Å². The minimum absolute atomic E-state index is 0.146. The highest BCUT2D eigenvalue weighted by molar-refractivity contribution is 5.79. The Hall–Kier alpha value is -3.13. The Balaban J connectivity index is 1.78. The van der Waals surface area contributed by atoms with Gasteiger partial charge in [-0.2, -0.15) is 13.2 Å². The molecule has 9 nitrogen and oxygen atoms in total. The number of likely N-dealkylation sites (tertiary alicyclic amines) is 1. The number of nitrogens with zero attached hydrogens (tertiary/aromatic N) is 4. The van der Waals surface area contributed by atoms with E-state index < -0.39 is 92.2 Å². The van der Waals surface area contributed by atoms with Gasteiger partial charge in [-0.05, 0) is 27.2 Å². The highest BCUT2D eigenvalue weighted by Crippen LogP contribution is 2.34. The average Bonchev–Trinajstić information content (AvgIpc) is 2.78. The summed E-state index contributed by atoms with van der Waals surface area (Å²) in [6, 6.07) is -1.13. The summed E-state index contributed by atoms with van der Waals surface area (Å²) >= 11 is 0. The molecular formula is C23H29F6N5O4. The highest BCUT2D eigenvalue weighted by atomic mass is 19.4. The van der Waals surface area contributed by atoms with E-state index in [1.807, 2.05) is 0 Å². The Labute approximate surface area is 214 Å². The molecule has 38 heavy (non-hydrogen) atoms. The smallest absolute Gasteiger partial charge is 0.433 e. The molecule has 0 aromatic carbocycles. The van der Waals surface area contributed by atoms with Crippen molar-refractivity contribution in [3.05, 3.63) is 22.8 Å². The summed E-state index contributed by atoms with van der Waals surface area (Å²) in [5, 5.41) is 2.43. The number of ether oxygens (including phenoxy) is 1. The number of aromatic nitrogens is 2. The normalized spacial score (nSPS) is 18.6. The molecule has 0 spiro atoms. The Bertz CT molecular complexity index is 1080. The van der Waals surface area contributed by atoms with Crippen LogP contribution in [0.3, 0.4) is 0 Å². The predicted molar refractivity (Wildman–Crippen MR) is 120 cm³/mol. The molecule has 1 aromatic rings. The molecule has 15 heteroatoms. The van der Waals surface area contributed by atoms with Gasteiger partial charge in [-0.3, -0.25) is 9.59 Å². The highest BCUT2D eigenvalue weighted by Gasteiger charge is 2.41. The number of alkyl carbamates (subject to hydrolysis) is 1. The zero-order valence-electron chi connectivity index (χ0n) is 21.1. The van der Waals surface area contributed by atoms with Crippen molar-refractivity contribution in [2.45, 2.75) is 83.4 Å². The van der Waals surface area contributed by atoms with Gasteiger partial charge in [-0.1, -0.05) is 0 Å². The lowest BCUT2D eigenvalue weighted by atomic mass is 10.0. The molecule has 1 fully saturated rings. The second-order valence-corrected chi connectivity index (χ2v) is 10.3. The van der Waals surface area contributed by atoms with Crippen LogP contribution in [0.15, 0.2) is 0 Å². The molecule has 0 bridgehead atoms. The molecule has 3 amide bonds. The van der Waals surface area contributed by atoms with Gasteiger partial charge in [0.1, 0.15) is 12.3 Å². The molecule has 212 valence electrons. The van der Waals surface area contributed by atoms with E-state index in [9.17, 15) is 40.7 Å². The Morgan fingerprint density at radius 1 is 1.16 bits per heavy atom. The summed E-state index contributed by atoms with van der Waals surface area (Å²) < 4.78 is 86.5. The molecule has 1 aromatic heterocycles. The average molecular weight is 554 g/mol. The van der Waals surface area contributed by atoms with Gasteiger partial charge in [0.15, 0.2) is 11.5 Å². The molecule has 1 saturated heterocycles. The molecule has 0 aliphatic carbocycles. The van der Waals surface area contributed by atoms with Crippen LogP contribution in [-0.4, -0.2) is 74.9 Å². The first-order valence-electron chi connectivity index (χ1n) is 11.9. The van der Waals surface area contributed by atoms with Gasteiger partial charge in [0.05, 0.1) is 24.8 Å². The van der Waals surface area contributed by atoms with Crippen LogP contribution in [0.2, 0.25) is 0 Å². The second-order valence-electron chi connectivity index (χ2n) is 10.3. The molecule has 3 heterocycles. The number of halogens is 6. The number of carbonyl (C=O) groups is 3. The van der Waals surface area contributed by atoms with Gasteiger partial charge in [-0.25, -0.2) is 27.9 Å².